The Morgan fingerprint density at radius 3 is 2.42 bits per heavy atom. The van der Waals surface area contributed by atoms with E-state index >= 15 is 0 Å². The van der Waals surface area contributed by atoms with Crippen LogP contribution in [0, 0.1) is 5.41 Å². The maximum Gasteiger partial charge on any atom is 0.314 e. The molecule has 0 radical (unpaired) electrons. The molecule has 1 aromatic heterocycles. The summed E-state index contributed by atoms with van der Waals surface area (Å²) >= 11 is 1.08. The van der Waals surface area contributed by atoms with Crippen molar-refractivity contribution < 1.29 is 14.4 Å². The molecule has 3 amide bonds. The number of amides is 3. The van der Waals surface area contributed by atoms with Gasteiger partial charge in [-0.25, -0.2) is 0 Å². The second-order valence-electron chi connectivity index (χ2n) is 5.41. The number of carbonyl (C=O) groups excluding carboxylic acids is 3. The molecule has 9 heteroatoms. The van der Waals surface area contributed by atoms with Crippen molar-refractivity contribution in [2.75, 3.05) is 11.9 Å². The first kappa shape index (κ1) is 19.1. The molecule has 1 heterocycles. The van der Waals surface area contributed by atoms with E-state index in [0.29, 0.717) is 9.88 Å². The van der Waals surface area contributed by atoms with E-state index in [2.05, 4.69) is 16.0 Å². The molecule has 0 saturated carbocycles. The molecule has 136 valence electrons. The van der Waals surface area contributed by atoms with Gasteiger partial charge in [0.2, 0.25) is 5.91 Å². The molecule has 0 aliphatic rings. The maximum atomic E-state index is 11.9. The van der Waals surface area contributed by atoms with Crippen LogP contribution in [-0.4, -0.2) is 30.1 Å². The Balaban J connectivity index is 1.78. The minimum absolute atomic E-state index is 0.121. The van der Waals surface area contributed by atoms with Gasteiger partial charge in [-0.2, -0.15) is 0 Å². The molecular weight excluding hydrogens is 354 g/mol. The molecule has 0 aliphatic heterocycles. The fourth-order valence-electron chi connectivity index (χ4n) is 2.08. The topological polar surface area (TPSA) is 137 Å². The van der Waals surface area contributed by atoms with Gasteiger partial charge in [0.15, 0.2) is 0 Å². The van der Waals surface area contributed by atoms with Crippen molar-refractivity contribution in [3.05, 3.63) is 52.9 Å². The quantitative estimate of drug-likeness (QED) is 0.293. The highest BCUT2D eigenvalue weighted by molar-refractivity contribution is 7.18. The fraction of sp³-hybridized carbons (Fsp3) is 0.176. The van der Waals surface area contributed by atoms with Gasteiger partial charge >= 0.3 is 11.8 Å². The normalized spacial score (nSPS) is 11.3. The first-order chi connectivity index (χ1) is 12.4. The standard InChI is InChI=1S/C17H19N5O3S/c1-10(11-5-3-2-4-6-11)21-13(23)9-20-16(24)17(25)22-14-8-7-12(26-14)15(18)19/h2-8,10H,9H2,1H3,(H3,18,19)(H,20,24)(H,21,23)(H,22,25)/t10-/m0/s1. The number of anilines is 1. The third-order valence-electron chi connectivity index (χ3n) is 3.40. The number of nitrogens with two attached hydrogens (primary N) is 1. The number of amidine groups is 1. The van der Waals surface area contributed by atoms with Crippen LogP contribution in [0.1, 0.15) is 23.4 Å². The summed E-state index contributed by atoms with van der Waals surface area (Å²) in [6.45, 7) is 1.51. The molecule has 1 aromatic carbocycles. The minimum atomic E-state index is -0.926. The summed E-state index contributed by atoms with van der Waals surface area (Å²) < 4.78 is 0. The van der Waals surface area contributed by atoms with Crippen LogP contribution in [0.25, 0.3) is 0 Å². The lowest BCUT2D eigenvalue weighted by Gasteiger charge is -2.14. The molecule has 2 aromatic rings. The number of nitrogens with one attached hydrogen (secondary N) is 4. The Morgan fingerprint density at radius 1 is 1.12 bits per heavy atom. The van der Waals surface area contributed by atoms with E-state index in [1.165, 1.54) is 0 Å². The largest absolute Gasteiger partial charge is 0.383 e. The molecule has 8 nitrogen and oxygen atoms in total. The Bertz CT molecular complexity index is 819. The van der Waals surface area contributed by atoms with Gasteiger partial charge in [0.1, 0.15) is 5.84 Å². The summed E-state index contributed by atoms with van der Waals surface area (Å²) in [5.41, 5.74) is 6.27. The van der Waals surface area contributed by atoms with E-state index in [4.69, 9.17) is 11.1 Å². The van der Waals surface area contributed by atoms with Gasteiger partial charge in [0, 0.05) is 0 Å². The second-order valence-corrected chi connectivity index (χ2v) is 6.50. The number of hydrogen-bond donors (Lipinski definition) is 5. The van der Waals surface area contributed by atoms with E-state index < -0.39 is 17.7 Å². The Kier molecular flexibility index (Phi) is 6.45. The van der Waals surface area contributed by atoms with Crippen LogP contribution in [0.5, 0.6) is 0 Å². The smallest absolute Gasteiger partial charge is 0.314 e. The zero-order valence-corrected chi connectivity index (χ0v) is 14.9. The zero-order chi connectivity index (χ0) is 19.1. The van der Waals surface area contributed by atoms with E-state index in [0.717, 1.165) is 16.9 Å². The van der Waals surface area contributed by atoms with Crippen LogP contribution in [0.15, 0.2) is 42.5 Å². The average Bonchev–Trinajstić information content (AvgIpc) is 3.09. The first-order valence-corrected chi connectivity index (χ1v) is 8.56. The van der Waals surface area contributed by atoms with Crippen LogP contribution >= 0.6 is 11.3 Å². The summed E-state index contributed by atoms with van der Waals surface area (Å²) in [6, 6.07) is 12.3. The number of benzene rings is 1. The number of thiophene rings is 1. The van der Waals surface area contributed by atoms with Gasteiger partial charge in [-0.1, -0.05) is 30.3 Å². The lowest BCUT2D eigenvalue weighted by molar-refractivity contribution is -0.136. The minimum Gasteiger partial charge on any atom is -0.383 e. The van der Waals surface area contributed by atoms with Gasteiger partial charge in [-0.15, -0.1) is 11.3 Å². The Labute approximate surface area is 154 Å². The van der Waals surface area contributed by atoms with Crippen molar-refractivity contribution in [3.8, 4) is 0 Å². The average molecular weight is 373 g/mol. The molecule has 0 saturated heterocycles. The van der Waals surface area contributed by atoms with Crippen molar-refractivity contribution in [1.82, 2.24) is 10.6 Å². The predicted octanol–water partition coefficient (Wildman–Crippen LogP) is 0.964. The van der Waals surface area contributed by atoms with Crippen molar-refractivity contribution in [3.63, 3.8) is 0 Å². The monoisotopic (exact) mass is 373 g/mol. The number of carbonyl (C=O) groups is 3. The van der Waals surface area contributed by atoms with Crippen LogP contribution < -0.4 is 21.7 Å². The highest BCUT2D eigenvalue weighted by Crippen LogP contribution is 2.21. The molecule has 0 fully saturated rings. The summed E-state index contributed by atoms with van der Waals surface area (Å²) in [5, 5.41) is 15.1. The lowest BCUT2D eigenvalue weighted by Crippen LogP contribution is -2.42. The van der Waals surface area contributed by atoms with Gasteiger partial charge in [-0.3, -0.25) is 19.8 Å². The van der Waals surface area contributed by atoms with Crippen LogP contribution in [0.2, 0.25) is 0 Å². The molecule has 0 bridgehead atoms. The highest BCUT2D eigenvalue weighted by atomic mass is 32.1. The molecule has 1 atom stereocenters. The first-order valence-electron chi connectivity index (χ1n) is 7.74. The van der Waals surface area contributed by atoms with Crippen molar-refractivity contribution in [2.45, 2.75) is 13.0 Å². The summed E-state index contributed by atoms with van der Waals surface area (Å²) in [7, 11) is 0. The lowest BCUT2D eigenvalue weighted by atomic mass is 10.1. The van der Waals surface area contributed by atoms with Gasteiger partial charge < -0.3 is 21.7 Å². The third kappa shape index (κ3) is 5.42. The van der Waals surface area contributed by atoms with E-state index in [1.807, 2.05) is 37.3 Å². The van der Waals surface area contributed by atoms with Crippen molar-refractivity contribution in [2.24, 2.45) is 5.73 Å². The van der Waals surface area contributed by atoms with E-state index in [1.54, 1.807) is 12.1 Å². The summed E-state index contributed by atoms with van der Waals surface area (Å²) in [5.74, 6) is -2.35. The van der Waals surface area contributed by atoms with E-state index in [9.17, 15) is 14.4 Å². The molecule has 0 unspecified atom stereocenters. The molecule has 0 aliphatic carbocycles. The fourth-order valence-corrected chi connectivity index (χ4v) is 2.84. The van der Waals surface area contributed by atoms with E-state index in [-0.39, 0.29) is 18.4 Å². The maximum absolute atomic E-state index is 11.9. The predicted molar refractivity (Wildman–Crippen MR) is 100.0 cm³/mol. The zero-order valence-electron chi connectivity index (χ0n) is 14.0. The van der Waals surface area contributed by atoms with Gasteiger partial charge in [0.05, 0.1) is 22.5 Å². The molecular formula is C17H19N5O3S. The SMILES string of the molecule is C[C@H](NC(=O)CNC(=O)C(=O)Nc1ccc(C(=N)N)s1)c1ccccc1. The Morgan fingerprint density at radius 2 is 1.81 bits per heavy atom. The van der Waals surface area contributed by atoms with Gasteiger partial charge in [0.25, 0.3) is 0 Å². The summed E-state index contributed by atoms with van der Waals surface area (Å²) in [4.78, 5) is 36.0. The Hall–Kier alpha value is -3.20. The molecule has 2 rings (SSSR count). The number of rotatable bonds is 6. The molecule has 26 heavy (non-hydrogen) atoms. The van der Waals surface area contributed by atoms with Crippen LogP contribution in [0.4, 0.5) is 5.00 Å². The number of nitrogen functional groups attached to an aromatic ring is 1. The molecule has 6 N–H and O–H groups in total. The van der Waals surface area contributed by atoms with Gasteiger partial charge in [-0.05, 0) is 24.6 Å². The molecule has 0 spiro atoms. The van der Waals surface area contributed by atoms with Crippen LogP contribution in [0.3, 0.4) is 0 Å². The third-order valence-corrected chi connectivity index (χ3v) is 4.43. The summed E-state index contributed by atoms with van der Waals surface area (Å²) in [6.07, 6.45) is 0. The van der Waals surface area contributed by atoms with Crippen molar-refractivity contribution >= 4 is 39.9 Å². The van der Waals surface area contributed by atoms with Crippen LogP contribution in [-0.2, 0) is 14.4 Å². The van der Waals surface area contributed by atoms with Crippen molar-refractivity contribution in [1.29, 1.82) is 5.41 Å². The number of hydrogen-bond acceptors (Lipinski definition) is 5. The highest BCUT2D eigenvalue weighted by Gasteiger charge is 2.17. The second kappa shape index (κ2) is 8.77.